The Morgan fingerprint density at radius 3 is 1.15 bits per heavy atom. The van der Waals surface area contributed by atoms with Gasteiger partial charge in [0, 0.05) is 13.0 Å². The lowest BCUT2D eigenvalue weighted by Gasteiger charge is -2.03. The van der Waals surface area contributed by atoms with E-state index in [4.69, 9.17) is 15.9 Å². The van der Waals surface area contributed by atoms with Crippen LogP contribution in [0.2, 0.25) is 0 Å². The van der Waals surface area contributed by atoms with Crippen molar-refractivity contribution in [1.82, 2.24) is 0 Å². The van der Waals surface area contributed by atoms with E-state index in [2.05, 4.69) is 6.92 Å². The lowest BCUT2D eigenvalue weighted by molar-refractivity contribution is -0.137. The zero-order valence-electron chi connectivity index (χ0n) is 17.5. The molecule has 0 unspecified atom stereocenters. The molecule has 158 valence electrons. The molecular formula is C22H47NO3. The molecule has 0 spiro atoms. The SMILES string of the molecule is CCCCCCCCCCCCCCCCCCCC(=O)O.NCCO. The maximum atomic E-state index is 10.4. The molecule has 0 saturated carbocycles. The van der Waals surface area contributed by atoms with Crippen molar-refractivity contribution in [3.05, 3.63) is 0 Å². The molecule has 0 heterocycles. The number of hydrogen-bond donors (Lipinski definition) is 3. The molecule has 0 aromatic rings. The van der Waals surface area contributed by atoms with E-state index >= 15 is 0 Å². The number of carboxylic acid groups (broad SMARTS) is 1. The molecule has 0 aromatic carbocycles. The van der Waals surface area contributed by atoms with Gasteiger partial charge in [-0.15, -0.1) is 0 Å². The van der Waals surface area contributed by atoms with Crippen LogP contribution in [-0.2, 0) is 4.79 Å². The van der Waals surface area contributed by atoms with Gasteiger partial charge in [0.2, 0.25) is 0 Å². The highest BCUT2D eigenvalue weighted by molar-refractivity contribution is 5.66. The summed E-state index contributed by atoms with van der Waals surface area (Å²) >= 11 is 0. The predicted octanol–water partition coefficient (Wildman–Crippen LogP) is 6.05. The van der Waals surface area contributed by atoms with E-state index in [1.165, 1.54) is 96.3 Å². The van der Waals surface area contributed by atoms with Gasteiger partial charge in [-0.1, -0.05) is 110 Å². The van der Waals surface area contributed by atoms with Crippen molar-refractivity contribution in [3.8, 4) is 0 Å². The Bertz CT molecular complexity index is 258. The third-order valence-electron chi connectivity index (χ3n) is 4.62. The van der Waals surface area contributed by atoms with Crippen LogP contribution in [0.5, 0.6) is 0 Å². The van der Waals surface area contributed by atoms with E-state index in [-0.39, 0.29) is 6.61 Å². The van der Waals surface area contributed by atoms with Gasteiger partial charge in [-0.3, -0.25) is 4.79 Å². The lowest BCUT2D eigenvalue weighted by atomic mass is 10.0. The first kappa shape index (κ1) is 27.6. The maximum absolute atomic E-state index is 10.4. The number of aliphatic hydroxyl groups is 1. The van der Waals surface area contributed by atoms with E-state index in [1.807, 2.05) is 0 Å². The Morgan fingerprint density at radius 1 is 0.654 bits per heavy atom. The Kier molecular flexibility index (Phi) is 28.3. The van der Waals surface area contributed by atoms with Gasteiger partial charge in [0.25, 0.3) is 0 Å². The summed E-state index contributed by atoms with van der Waals surface area (Å²) in [6.45, 7) is 2.75. The Hall–Kier alpha value is -0.610. The van der Waals surface area contributed by atoms with Crippen LogP contribution in [0.3, 0.4) is 0 Å². The number of aliphatic hydroxyl groups excluding tert-OH is 1. The monoisotopic (exact) mass is 373 g/mol. The Balaban J connectivity index is 0. The summed E-state index contributed by atoms with van der Waals surface area (Å²) < 4.78 is 0. The minimum Gasteiger partial charge on any atom is -0.481 e. The molecule has 4 N–H and O–H groups in total. The van der Waals surface area contributed by atoms with Gasteiger partial charge in [0.05, 0.1) is 6.61 Å². The molecule has 0 aliphatic carbocycles. The summed E-state index contributed by atoms with van der Waals surface area (Å²) in [5, 5.41) is 16.3. The van der Waals surface area contributed by atoms with Crippen LogP contribution in [0.1, 0.15) is 122 Å². The summed E-state index contributed by atoms with van der Waals surface area (Å²) in [5.74, 6) is -0.652. The van der Waals surface area contributed by atoms with Crippen molar-refractivity contribution in [2.75, 3.05) is 13.2 Å². The average Bonchev–Trinajstić information content (AvgIpc) is 2.64. The average molecular weight is 374 g/mol. The minimum atomic E-state index is -0.652. The number of aliphatic carboxylic acids is 1. The molecule has 0 amide bonds. The van der Waals surface area contributed by atoms with Crippen LogP contribution in [0, 0.1) is 0 Å². The second-order valence-corrected chi connectivity index (χ2v) is 7.31. The van der Waals surface area contributed by atoms with Crippen molar-refractivity contribution in [3.63, 3.8) is 0 Å². The van der Waals surface area contributed by atoms with Crippen molar-refractivity contribution in [2.45, 2.75) is 122 Å². The second-order valence-electron chi connectivity index (χ2n) is 7.31. The second kappa shape index (κ2) is 26.6. The molecule has 0 aromatic heterocycles. The Morgan fingerprint density at radius 2 is 0.923 bits per heavy atom. The highest BCUT2D eigenvalue weighted by atomic mass is 16.4. The Labute approximate surface area is 162 Å². The molecule has 0 saturated heterocycles. The number of nitrogens with two attached hydrogens (primary N) is 1. The summed E-state index contributed by atoms with van der Waals surface area (Å²) in [6, 6.07) is 0. The highest BCUT2D eigenvalue weighted by Crippen LogP contribution is 2.14. The van der Waals surface area contributed by atoms with E-state index in [0.717, 1.165) is 12.8 Å². The van der Waals surface area contributed by atoms with Gasteiger partial charge >= 0.3 is 5.97 Å². The van der Waals surface area contributed by atoms with Gasteiger partial charge in [-0.05, 0) is 6.42 Å². The van der Waals surface area contributed by atoms with Crippen molar-refractivity contribution in [2.24, 2.45) is 5.73 Å². The molecule has 4 heteroatoms. The number of rotatable bonds is 19. The van der Waals surface area contributed by atoms with Crippen LogP contribution >= 0.6 is 0 Å². The van der Waals surface area contributed by atoms with Crippen LogP contribution in [-0.4, -0.2) is 29.3 Å². The molecule has 26 heavy (non-hydrogen) atoms. The maximum Gasteiger partial charge on any atom is 0.303 e. The van der Waals surface area contributed by atoms with Crippen molar-refractivity contribution < 1.29 is 15.0 Å². The smallest absolute Gasteiger partial charge is 0.303 e. The third-order valence-corrected chi connectivity index (χ3v) is 4.62. The van der Waals surface area contributed by atoms with E-state index in [9.17, 15) is 4.79 Å². The normalized spacial score (nSPS) is 10.4. The molecule has 0 radical (unpaired) electrons. The van der Waals surface area contributed by atoms with E-state index < -0.39 is 5.97 Å². The lowest BCUT2D eigenvalue weighted by Crippen LogP contribution is -2.02. The molecule has 4 nitrogen and oxygen atoms in total. The fourth-order valence-electron chi connectivity index (χ4n) is 3.00. The zero-order valence-corrected chi connectivity index (χ0v) is 17.5. The number of carbonyl (C=O) groups is 1. The van der Waals surface area contributed by atoms with Crippen LogP contribution < -0.4 is 5.73 Å². The summed E-state index contributed by atoms with van der Waals surface area (Å²) in [6.07, 6.45) is 23.1. The highest BCUT2D eigenvalue weighted by Gasteiger charge is 1.97. The quantitative estimate of drug-likeness (QED) is 0.241. The first-order valence-electron chi connectivity index (χ1n) is 11.2. The van der Waals surface area contributed by atoms with E-state index in [0.29, 0.717) is 13.0 Å². The van der Waals surface area contributed by atoms with Gasteiger partial charge in [0.15, 0.2) is 0 Å². The zero-order chi connectivity index (χ0) is 19.7. The van der Waals surface area contributed by atoms with Gasteiger partial charge < -0.3 is 15.9 Å². The fourth-order valence-corrected chi connectivity index (χ4v) is 3.00. The van der Waals surface area contributed by atoms with Gasteiger partial charge in [-0.2, -0.15) is 0 Å². The molecule has 0 rings (SSSR count). The number of carboxylic acids is 1. The van der Waals surface area contributed by atoms with E-state index in [1.54, 1.807) is 0 Å². The van der Waals surface area contributed by atoms with Crippen LogP contribution in [0.15, 0.2) is 0 Å². The molecule has 0 atom stereocenters. The number of unbranched alkanes of at least 4 members (excludes halogenated alkanes) is 16. The molecule has 0 bridgehead atoms. The topological polar surface area (TPSA) is 83.5 Å². The molecule has 0 aliphatic rings. The van der Waals surface area contributed by atoms with Crippen molar-refractivity contribution >= 4 is 5.97 Å². The van der Waals surface area contributed by atoms with Gasteiger partial charge in [0.1, 0.15) is 0 Å². The summed E-state index contributed by atoms with van der Waals surface area (Å²) in [7, 11) is 0. The summed E-state index contributed by atoms with van der Waals surface area (Å²) in [5.41, 5.74) is 4.78. The van der Waals surface area contributed by atoms with Gasteiger partial charge in [-0.25, -0.2) is 0 Å². The molecule has 0 aliphatic heterocycles. The van der Waals surface area contributed by atoms with Crippen molar-refractivity contribution in [1.29, 1.82) is 0 Å². The fraction of sp³-hybridized carbons (Fsp3) is 0.955. The molecule has 0 fully saturated rings. The third kappa shape index (κ3) is 31.2. The van der Waals surface area contributed by atoms with Crippen LogP contribution in [0.4, 0.5) is 0 Å². The standard InChI is InChI=1S/C20H40O2.C2H7NO/c1-2-3-4-5-6-7-8-9-10-11-12-13-14-15-16-17-18-19-20(21)22;3-1-2-4/h2-19H2,1H3,(H,21,22);4H,1-3H2. The molecular weight excluding hydrogens is 326 g/mol. The predicted molar refractivity (Wildman–Crippen MR) is 113 cm³/mol. The first-order chi connectivity index (χ1) is 12.7. The van der Waals surface area contributed by atoms with Crippen LogP contribution in [0.25, 0.3) is 0 Å². The largest absolute Gasteiger partial charge is 0.481 e. The number of hydrogen-bond acceptors (Lipinski definition) is 3. The first-order valence-corrected chi connectivity index (χ1v) is 11.2. The summed E-state index contributed by atoms with van der Waals surface area (Å²) in [4.78, 5) is 10.4. The minimum absolute atomic E-state index is 0.0972.